The predicted octanol–water partition coefficient (Wildman–Crippen LogP) is 5.03. The van der Waals surface area contributed by atoms with Crippen LogP contribution in [0.4, 0.5) is 11.4 Å². The van der Waals surface area contributed by atoms with E-state index in [4.69, 9.17) is 10.3 Å². The zero-order chi connectivity index (χ0) is 13.1. The van der Waals surface area contributed by atoms with E-state index in [0.29, 0.717) is 5.92 Å². The van der Waals surface area contributed by atoms with Crippen molar-refractivity contribution in [3.63, 3.8) is 0 Å². The molecule has 1 aliphatic heterocycles. The number of fused-ring (bicyclic) bond motifs is 1. The molecule has 2 aliphatic rings. The summed E-state index contributed by atoms with van der Waals surface area (Å²) in [6, 6.07) is 6.30. The monoisotopic (exact) mass is 255 g/mol. The highest BCUT2D eigenvalue weighted by molar-refractivity contribution is 5.98. The highest BCUT2D eigenvalue weighted by Crippen LogP contribution is 2.36. The Morgan fingerprint density at radius 2 is 1.63 bits per heavy atom. The second kappa shape index (κ2) is 5.77. The van der Waals surface area contributed by atoms with Crippen LogP contribution in [0.15, 0.2) is 23.2 Å². The van der Waals surface area contributed by atoms with Gasteiger partial charge in [0.1, 0.15) is 5.84 Å². The standard InChI is InChI=1S/C17H23N2/c1-13-9-8-12-15-16(13)19-17(18-15)14-10-6-4-2-3-5-7-11-14/h8-9,12,14H,2-7,10-11H2,1H3. The molecule has 0 spiro atoms. The van der Waals surface area contributed by atoms with Gasteiger partial charge in [-0.15, -0.1) is 0 Å². The van der Waals surface area contributed by atoms with E-state index >= 15 is 0 Å². The molecule has 2 nitrogen and oxygen atoms in total. The summed E-state index contributed by atoms with van der Waals surface area (Å²) in [5.74, 6) is 1.69. The molecule has 0 N–H and O–H groups in total. The van der Waals surface area contributed by atoms with Gasteiger partial charge in [-0.05, 0) is 31.4 Å². The van der Waals surface area contributed by atoms with Gasteiger partial charge in [0.15, 0.2) is 0 Å². The molecule has 0 unspecified atom stereocenters. The van der Waals surface area contributed by atoms with Crippen molar-refractivity contribution in [2.45, 2.75) is 58.3 Å². The quantitative estimate of drug-likeness (QED) is 0.673. The molecule has 1 saturated carbocycles. The average molecular weight is 255 g/mol. The van der Waals surface area contributed by atoms with Crippen molar-refractivity contribution in [1.82, 2.24) is 5.32 Å². The van der Waals surface area contributed by atoms with E-state index in [0.717, 1.165) is 17.2 Å². The smallest absolute Gasteiger partial charge is 0.132 e. The van der Waals surface area contributed by atoms with Crippen LogP contribution in [0, 0.1) is 12.8 Å². The first-order chi connectivity index (χ1) is 9.34. The van der Waals surface area contributed by atoms with Crippen molar-refractivity contribution < 1.29 is 0 Å². The van der Waals surface area contributed by atoms with Crippen LogP contribution in [0.1, 0.15) is 56.9 Å². The molecule has 1 aromatic rings. The fourth-order valence-corrected chi connectivity index (χ4v) is 3.22. The van der Waals surface area contributed by atoms with Crippen LogP contribution < -0.4 is 5.32 Å². The van der Waals surface area contributed by atoms with E-state index in [-0.39, 0.29) is 0 Å². The normalized spacial score (nSPS) is 20.8. The molecule has 0 aromatic heterocycles. The highest BCUT2D eigenvalue weighted by Gasteiger charge is 2.24. The van der Waals surface area contributed by atoms with Crippen LogP contribution in [0.25, 0.3) is 0 Å². The third-order valence-corrected chi connectivity index (χ3v) is 4.40. The fraction of sp³-hybridized carbons (Fsp3) is 0.588. The van der Waals surface area contributed by atoms with E-state index < -0.39 is 0 Å². The number of aliphatic imine (C=N–C) groups is 1. The Morgan fingerprint density at radius 3 is 2.32 bits per heavy atom. The van der Waals surface area contributed by atoms with Gasteiger partial charge in [0, 0.05) is 5.92 Å². The van der Waals surface area contributed by atoms with Crippen molar-refractivity contribution in [2.75, 3.05) is 0 Å². The van der Waals surface area contributed by atoms with Gasteiger partial charge in [-0.1, -0.05) is 50.7 Å². The summed E-state index contributed by atoms with van der Waals surface area (Å²) >= 11 is 0. The maximum absolute atomic E-state index is 4.83. The van der Waals surface area contributed by atoms with Gasteiger partial charge in [-0.3, -0.25) is 0 Å². The summed E-state index contributed by atoms with van der Waals surface area (Å²) in [4.78, 5) is 4.83. The Hall–Kier alpha value is -1.31. The maximum Gasteiger partial charge on any atom is 0.132 e. The number of nitrogens with zero attached hydrogens (tertiary/aromatic N) is 2. The first kappa shape index (κ1) is 12.7. The Labute approximate surface area is 116 Å². The average Bonchev–Trinajstić information content (AvgIpc) is 2.88. The van der Waals surface area contributed by atoms with Gasteiger partial charge in [-0.2, -0.15) is 0 Å². The Balaban J connectivity index is 1.76. The number of amidine groups is 1. The van der Waals surface area contributed by atoms with Crippen molar-refractivity contribution in [3.8, 4) is 0 Å². The third kappa shape index (κ3) is 2.83. The van der Waals surface area contributed by atoms with E-state index in [1.165, 1.54) is 56.9 Å². The molecule has 2 heteroatoms. The number of hydrogen-bond acceptors (Lipinski definition) is 1. The zero-order valence-corrected chi connectivity index (χ0v) is 11.9. The van der Waals surface area contributed by atoms with Gasteiger partial charge in [0.2, 0.25) is 0 Å². The minimum absolute atomic E-state index is 0.588. The van der Waals surface area contributed by atoms with E-state index in [1.807, 2.05) is 0 Å². The molecule has 1 fully saturated rings. The molecule has 0 bridgehead atoms. The molecular formula is C17H23N2. The first-order valence-electron chi connectivity index (χ1n) is 7.74. The Bertz CT molecular complexity index is 466. The lowest BCUT2D eigenvalue weighted by Crippen LogP contribution is -2.19. The van der Waals surface area contributed by atoms with Gasteiger partial charge in [-0.25, -0.2) is 10.3 Å². The number of para-hydroxylation sites is 1. The van der Waals surface area contributed by atoms with E-state index in [1.54, 1.807) is 0 Å². The molecule has 1 aliphatic carbocycles. The lowest BCUT2D eigenvalue weighted by atomic mass is 9.96. The number of aryl methyl sites for hydroxylation is 1. The molecule has 19 heavy (non-hydrogen) atoms. The van der Waals surface area contributed by atoms with E-state index in [2.05, 4.69) is 25.1 Å². The minimum atomic E-state index is 0.588. The SMILES string of the molecule is Cc1cccc2c1N=C(C1CCCCCCCC1)[N]2. The number of benzene rings is 1. The highest BCUT2D eigenvalue weighted by atomic mass is 15.1. The van der Waals surface area contributed by atoms with Crippen molar-refractivity contribution >= 4 is 17.2 Å². The number of hydrogen-bond donors (Lipinski definition) is 0. The van der Waals surface area contributed by atoms with Gasteiger partial charge >= 0.3 is 0 Å². The van der Waals surface area contributed by atoms with Crippen molar-refractivity contribution in [1.29, 1.82) is 0 Å². The lowest BCUT2D eigenvalue weighted by Gasteiger charge is -2.14. The third-order valence-electron chi connectivity index (χ3n) is 4.40. The molecule has 0 amide bonds. The molecule has 3 rings (SSSR count). The largest absolute Gasteiger partial charge is 0.231 e. The molecule has 101 valence electrons. The first-order valence-corrected chi connectivity index (χ1v) is 7.74. The summed E-state index contributed by atoms with van der Waals surface area (Å²) in [6.45, 7) is 2.13. The predicted molar refractivity (Wildman–Crippen MR) is 80.5 cm³/mol. The van der Waals surface area contributed by atoms with Crippen LogP contribution >= 0.6 is 0 Å². The summed E-state index contributed by atoms with van der Waals surface area (Å²) < 4.78 is 0. The van der Waals surface area contributed by atoms with Crippen molar-refractivity contribution in [3.05, 3.63) is 23.8 Å². The Kier molecular flexibility index (Phi) is 3.86. The topological polar surface area (TPSA) is 26.5 Å². The maximum atomic E-state index is 4.83. The van der Waals surface area contributed by atoms with Gasteiger partial charge in [0.05, 0.1) is 11.4 Å². The van der Waals surface area contributed by atoms with E-state index in [9.17, 15) is 0 Å². The Morgan fingerprint density at radius 1 is 0.947 bits per heavy atom. The summed E-state index contributed by atoms with van der Waals surface area (Å²) in [7, 11) is 0. The van der Waals surface area contributed by atoms with Crippen molar-refractivity contribution in [2.24, 2.45) is 10.9 Å². The van der Waals surface area contributed by atoms with Crippen LogP contribution in [0.2, 0.25) is 0 Å². The second-order valence-corrected chi connectivity index (χ2v) is 5.92. The summed E-state index contributed by atoms with van der Waals surface area (Å²) in [6.07, 6.45) is 10.8. The van der Waals surface area contributed by atoms with Crippen LogP contribution in [-0.4, -0.2) is 5.84 Å². The number of rotatable bonds is 1. The van der Waals surface area contributed by atoms with Crippen LogP contribution in [0.3, 0.4) is 0 Å². The van der Waals surface area contributed by atoms with Gasteiger partial charge < -0.3 is 0 Å². The zero-order valence-electron chi connectivity index (χ0n) is 11.9. The van der Waals surface area contributed by atoms with Crippen LogP contribution in [0.5, 0.6) is 0 Å². The molecule has 0 atom stereocenters. The summed E-state index contributed by atoms with van der Waals surface area (Å²) in [5.41, 5.74) is 3.44. The molecule has 1 radical (unpaired) electrons. The second-order valence-electron chi connectivity index (χ2n) is 5.92. The molecular weight excluding hydrogens is 232 g/mol. The fourth-order valence-electron chi connectivity index (χ4n) is 3.22. The van der Waals surface area contributed by atoms with Crippen LogP contribution in [-0.2, 0) is 0 Å². The molecule has 1 aromatic carbocycles. The molecule has 0 saturated heterocycles. The molecule has 1 heterocycles. The minimum Gasteiger partial charge on any atom is -0.231 e. The summed E-state index contributed by atoms with van der Waals surface area (Å²) in [5, 5.41) is 4.79. The van der Waals surface area contributed by atoms with Gasteiger partial charge in [0.25, 0.3) is 0 Å². The lowest BCUT2D eigenvalue weighted by molar-refractivity contribution is 0.530.